The van der Waals surface area contributed by atoms with E-state index in [0.29, 0.717) is 22.6 Å². The average Bonchev–Trinajstić information content (AvgIpc) is 3.01. The third kappa shape index (κ3) is 5.32. The van der Waals surface area contributed by atoms with Crippen molar-refractivity contribution < 1.29 is 9.53 Å². The van der Waals surface area contributed by atoms with Gasteiger partial charge in [-0.1, -0.05) is 44.2 Å². The van der Waals surface area contributed by atoms with E-state index in [4.69, 9.17) is 4.74 Å². The number of halogens is 1. The lowest BCUT2D eigenvalue weighted by Gasteiger charge is -2.27. The monoisotopic (exact) mass is 446 g/mol. The molecule has 0 bridgehead atoms. The van der Waals surface area contributed by atoms with Crippen molar-refractivity contribution >= 4 is 33.5 Å². The molecule has 0 N–H and O–H groups in total. The number of nitrogens with zero attached hydrogens (tertiary/aromatic N) is 4. The number of carbonyl (C=O) groups excluding carboxylic acids is 1. The van der Waals surface area contributed by atoms with Crippen LogP contribution in [0.1, 0.15) is 45.9 Å². The zero-order chi connectivity index (χ0) is 20.9. The molecule has 0 saturated carbocycles. The summed E-state index contributed by atoms with van der Waals surface area (Å²) in [7, 11) is 0. The Balaban J connectivity index is 0.00000136. The van der Waals surface area contributed by atoms with Gasteiger partial charge in [-0.2, -0.15) is 0 Å². The van der Waals surface area contributed by atoms with E-state index >= 15 is 0 Å². The quantitative estimate of drug-likeness (QED) is 0.512. The Kier molecular flexibility index (Phi) is 7.18. The maximum atomic E-state index is 12.9. The van der Waals surface area contributed by atoms with Gasteiger partial charge in [-0.15, -0.1) is 0 Å². The third-order valence-electron chi connectivity index (χ3n) is 3.68. The van der Waals surface area contributed by atoms with E-state index < -0.39 is 11.7 Å². The summed E-state index contributed by atoms with van der Waals surface area (Å²) in [5.41, 5.74) is 1.92. The van der Waals surface area contributed by atoms with Gasteiger partial charge in [0.05, 0.1) is 6.54 Å². The van der Waals surface area contributed by atoms with Gasteiger partial charge in [-0.3, -0.25) is 9.30 Å². The number of aryl methyl sites for hydroxylation is 1. The lowest BCUT2D eigenvalue weighted by Crippen LogP contribution is -2.37. The predicted octanol–water partition coefficient (Wildman–Crippen LogP) is 5.77. The van der Waals surface area contributed by atoms with Gasteiger partial charge in [0.1, 0.15) is 10.2 Å². The molecule has 3 rings (SSSR count). The number of fused-ring (bicyclic) bond motifs is 1. The fourth-order valence-corrected chi connectivity index (χ4v) is 2.92. The topological polar surface area (TPSA) is 59.7 Å². The molecule has 0 radical (unpaired) electrons. The minimum absolute atomic E-state index is 0.334. The minimum Gasteiger partial charge on any atom is -0.443 e. The highest BCUT2D eigenvalue weighted by Crippen LogP contribution is 2.26. The number of amides is 1. The molecule has 1 amide bonds. The van der Waals surface area contributed by atoms with Crippen LogP contribution in [-0.2, 0) is 11.3 Å². The van der Waals surface area contributed by atoms with Gasteiger partial charge in [-0.25, -0.2) is 14.8 Å². The number of imidazole rings is 1. The van der Waals surface area contributed by atoms with E-state index in [1.54, 1.807) is 6.20 Å². The van der Waals surface area contributed by atoms with Crippen LogP contribution in [0.25, 0.3) is 5.65 Å². The first-order valence-corrected chi connectivity index (χ1v) is 10.1. The standard InChI is InChI=1S/C19H21BrN4O2.C2H6/c1-13-10-21-16-17(22-15(20)12-23(13)16)24(18(25)26-19(2,3)4)11-14-8-6-5-7-9-14;1-2/h5-10,12H,11H2,1-4H3;1-2H3. The lowest BCUT2D eigenvalue weighted by molar-refractivity contribution is 0.0576. The van der Waals surface area contributed by atoms with E-state index in [1.807, 2.05) is 82.5 Å². The van der Waals surface area contributed by atoms with Crippen molar-refractivity contribution in [3.05, 3.63) is 58.6 Å². The summed E-state index contributed by atoms with van der Waals surface area (Å²) < 4.78 is 8.13. The number of benzene rings is 1. The normalized spacial score (nSPS) is 11.0. The highest BCUT2D eigenvalue weighted by Gasteiger charge is 2.27. The SMILES string of the molecule is CC.Cc1cnc2c(N(Cc3ccccc3)C(=O)OC(C)(C)C)nc(Br)cn12. The molecule has 0 fully saturated rings. The number of anilines is 1. The van der Waals surface area contributed by atoms with Gasteiger partial charge >= 0.3 is 6.09 Å². The summed E-state index contributed by atoms with van der Waals surface area (Å²) >= 11 is 3.43. The van der Waals surface area contributed by atoms with Crippen LogP contribution in [0.3, 0.4) is 0 Å². The number of ether oxygens (including phenoxy) is 1. The fraction of sp³-hybridized carbons (Fsp3) is 0.381. The van der Waals surface area contributed by atoms with E-state index in [0.717, 1.165) is 11.3 Å². The van der Waals surface area contributed by atoms with Crippen LogP contribution in [0, 0.1) is 6.92 Å². The highest BCUT2D eigenvalue weighted by atomic mass is 79.9. The van der Waals surface area contributed by atoms with Crippen LogP contribution in [0.2, 0.25) is 0 Å². The summed E-state index contributed by atoms with van der Waals surface area (Å²) in [6.45, 7) is 11.8. The first-order chi connectivity index (χ1) is 13.2. The zero-order valence-corrected chi connectivity index (χ0v) is 18.8. The van der Waals surface area contributed by atoms with Gasteiger partial charge < -0.3 is 4.74 Å². The van der Waals surface area contributed by atoms with E-state index in [9.17, 15) is 4.79 Å². The fourth-order valence-electron chi connectivity index (χ4n) is 2.55. The molecular weight excluding hydrogens is 420 g/mol. The predicted molar refractivity (Wildman–Crippen MR) is 116 cm³/mol. The number of rotatable bonds is 3. The van der Waals surface area contributed by atoms with Crippen molar-refractivity contribution in [2.24, 2.45) is 0 Å². The Bertz CT molecular complexity index is 933. The maximum Gasteiger partial charge on any atom is 0.416 e. The summed E-state index contributed by atoms with van der Waals surface area (Å²) in [6, 6.07) is 9.74. The van der Waals surface area contributed by atoms with Gasteiger partial charge in [0.25, 0.3) is 0 Å². The number of hydrogen-bond acceptors (Lipinski definition) is 4. The minimum atomic E-state index is -0.611. The largest absolute Gasteiger partial charge is 0.443 e. The second kappa shape index (κ2) is 9.19. The molecule has 28 heavy (non-hydrogen) atoms. The molecule has 0 spiro atoms. The van der Waals surface area contributed by atoms with Crippen molar-refractivity contribution in [3.8, 4) is 0 Å². The highest BCUT2D eigenvalue weighted by molar-refractivity contribution is 9.10. The molecule has 0 atom stereocenters. The Morgan fingerprint density at radius 3 is 2.46 bits per heavy atom. The summed E-state index contributed by atoms with van der Waals surface area (Å²) in [5, 5.41) is 0. The van der Waals surface area contributed by atoms with E-state index in [-0.39, 0.29) is 0 Å². The molecule has 0 saturated heterocycles. The van der Waals surface area contributed by atoms with Crippen LogP contribution in [0.5, 0.6) is 0 Å². The second-order valence-corrected chi connectivity index (χ2v) is 7.84. The molecule has 6 nitrogen and oxygen atoms in total. The molecule has 2 heterocycles. The van der Waals surface area contributed by atoms with Crippen molar-refractivity contribution in [3.63, 3.8) is 0 Å². The smallest absolute Gasteiger partial charge is 0.416 e. The number of carbonyl (C=O) groups is 1. The zero-order valence-electron chi connectivity index (χ0n) is 17.2. The maximum absolute atomic E-state index is 12.9. The molecule has 2 aromatic heterocycles. The van der Waals surface area contributed by atoms with Crippen molar-refractivity contribution in [2.75, 3.05) is 4.90 Å². The molecule has 0 unspecified atom stereocenters. The van der Waals surface area contributed by atoms with Gasteiger partial charge in [0, 0.05) is 18.1 Å². The molecule has 0 aliphatic rings. The average molecular weight is 447 g/mol. The van der Waals surface area contributed by atoms with Crippen molar-refractivity contribution in [1.29, 1.82) is 0 Å². The summed E-state index contributed by atoms with van der Waals surface area (Å²) in [6.07, 6.45) is 3.12. The lowest BCUT2D eigenvalue weighted by atomic mass is 10.2. The second-order valence-electron chi connectivity index (χ2n) is 7.03. The Labute approximate surface area is 174 Å². The van der Waals surface area contributed by atoms with Crippen molar-refractivity contribution in [1.82, 2.24) is 14.4 Å². The van der Waals surface area contributed by atoms with Crippen LogP contribution in [0.4, 0.5) is 10.6 Å². The molecule has 1 aromatic carbocycles. The summed E-state index contributed by atoms with van der Waals surface area (Å²) in [4.78, 5) is 23.4. The van der Waals surface area contributed by atoms with Crippen LogP contribution >= 0.6 is 15.9 Å². The van der Waals surface area contributed by atoms with Crippen LogP contribution < -0.4 is 4.90 Å². The molecule has 7 heteroatoms. The van der Waals surface area contributed by atoms with Gasteiger partial charge in [-0.05, 0) is 49.2 Å². The first-order valence-electron chi connectivity index (χ1n) is 9.29. The number of aromatic nitrogens is 3. The molecular formula is C21H27BrN4O2. The molecule has 0 aliphatic carbocycles. The van der Waals surface area contributed by atoms with E-state index in [2.05, 4.69) is 25.9 Å². The van der Waals surface area contributed by atoms with Gasteiger partial charge in [0.2, 0.25) is 0 Å². The Morgan fingerprint density at radius 1 is 1.21 bits per heavy atom. The molecule has 0 aliphatic heterocycles. The van der Waals surface area contributed by atoms with Crippen molar-refractivity contribution in [2.45, 2.75) is 53.7 Å². The van der Waals surface area contributed by atoms with E-state index in [1.165, 1.54) is 4.90 Å². The third-order valence-corrected chi connectivity index (χ3v) is 4.07. The van der Waals surface area contributed by atoms with Crippen LogP contribution in [-0.4, -0.2) is 26.1 Å². The molecule has 150 valence electrons. The molecule has 3 aromatic rings. The Hall–Kier alpha value is -2.41. The van der Waals surface area contributed by atoms with Gasteiger partial charge in [0.15, 0.2) is 11.5 Å². The first kappa shape index (κ1) is 21.9. The summed E-state index contributed by atoms with van der Waals surface area (Å²) in [5.74, 6) is 0.450. The number of hydrogen-bond donors (Lipinski definition) is 0. The Morgan fingerprint density at radius 2 is 1.86 bits per heavy atom. The van der Waals surface area contributed by atoms with Crippen LogP contribution in [0.15, 0.2) is 47.3 Å².